The first-order chi connectivity index (χ1) is 8.74. The fourth-order valence-corrected chi connectivity index (χ4v) is 2.40. The van der Waals surface area contributed by atoms with Gasteiger partial charge in [-0.25, -0.2) is 0 Å². The van der Waals surface area contributed by atoms with Crippen LogP contribution < -0.4 is 0 Å². The van der Waals surface area contributed by atoms with E-state index in [-0.39, 0.29) is 6.04 Å². The van der Waals surface area contributed by atoms with Gasteiger partial charge in [0.1, 0.15) is 0 Å². The zero-order valence-electron chi connectivity index (χ0n) is 11.0. The molecule has 0 radical (unpaired) electrons. The SMILES string of the molecule is CCc1nc([C@@H]2CCCN2C[C@@H](O)COC)no1. The van der Waals surface area contributed by atoms with Crippen LogP contribution in [0.3, 0.4) is 0 Å². The summed E-state index contributed by atoms with van der Waals surface area (Å²) in [5.41, 5.74) is 0. The van der Waals surface area contributed by atoms with Crippen molar-refractivity contribution >= 4 is 0 Å². The van der Waals surface area contributed by atoms with Crippen LogP contribution in [0.15, 0.2) is 4.52 Å². The molecule has 1 saturated heterocycles. The molecule has 1 aliphatic rings. The van der Waals surface area contributed by atoms with Crippen LogP contribution >= 0.6 is 0 Å². The van der Waals surface area contributed by atoms with E-state index in [2.05, 4.69) is 15.0 Å². The van der Waals surface area contributed by atoms with Crippen molar-refractivity contribution in [2.45, 2.75) is 38.3 Å². The van der Waals surface area contributed by atoms with Crippen LogP contribution in [0.1, 0.15) is 37.5 Å². The van der Waals surface area contributed by atoms with Crippen LogP contribution in [0.5, 0.6) is 0 Å². The Balaban J connectivity index is 1.98. The second kappa shape index (κ2) is 6.26. The number of aliphatic hydroxyl groups excluding tert-OH is 1. The number of ether oxygens (including phenoxy) is 1. The second-order valence-corrected chi connectivity index (χ2v) is 4.66. The summed E-state index contributed by atoms with van der Waals surface area (Å²) in [5.74, 6) is 1.42. The molecule has 2 heterocycles. The summed E-state index contributed by atoms with van der Waals surface area (Å²) in [6.45, 7) is 3.90. The molecule has 0 saturated carbocycles. The molecule has 0 unspecified atom stereocenters. The van der Waals surface area contributed by atoms with Gasteiger partial charge in [-0.3, -0.25) is 4.90 Å². The van der Waals surface area contributed by atoms with E-state index < -0.39 is 6.10 Å². The Labute approximate surface area is 107 Å². The molecular formula is C12H21N3O3. The monoisotopic (exact) mass is 255 g/mol. The molecule has 6 heteroatoms. The highest BCUT2D eigenvalue weighted by Gasteiger charge is 2.30. The van der Waals surface area contributed by atoms with Gasteiger partial charge in [0, 0.05) is 20.1 Å². The maximum Gasteiger partial charge on any atom is 0.226 e. The van der Waals surface area contributed by atoms with Gasteiger partial charge in [0.05, 0.1) is 18.8 Å². The van der Waals surface area contributed by atoms with Crippen molar-refractivity contribution in [3.05, 3.63) is 11.7 Å². The molecule has 0 amide bonds. The first-order valence-corrected chi connectivity index (χ1v) is 6.48. The molecule has 2 atom stereocenters. The summed E-state index contributed by atoms with van der Waals surface area (Å²) in [6.07, 6.45) is 2.41. The van der Waals surface area contributed by atoms with Crippen LogP contribution in [0, 0.1) is 0 Å². The van der Waals surface area contributed by atoms with Crippen molar-refractivity contribution in [3.8, 4) is 0 Å². The zero-order chi connectivity index (χ0) is 13.0. The summed E-state index contributed by atoms with van der Waals surface area (Å²) >= 11 is 0. The van der Waals surface area contributed by atoms with E-state index in [1.165, 1.54) is 0 Å². The van der Waals surface area contributed by atoms with E-state index in [4.69, 9.17) is 9.26 Å². The highest BCUT2D eigenvalue weighted by molar-refractivity contribution is 4.98. The van der Waals surface area contributed by atoms with E-state index in [9.17, 15) is 5.11 Å². The topological polar surface area (TPSA) is 71.6 Å². The summed E-state index contributed by atoms with van der Waals surface area (Å²) in [4.78, 5) is 6.58. The molecule has 6 nitrogen and oxygen atoms in total. The minimum absolute atomic E-state index is 0.167. The zero-order valence-corrected chi connectivity index (χ0v) is 11.0. The molecular weight excluding hydrogens is 234 g/mol. The van der Waals surface area contributed by atoms with Gasteiger partial charge >= 0.3 is 0 Å². The van der Waals surface area contributed by atoms with Crippen molar-refractivity contribution in [2.24, 2.45) is 0 Å². The number of β-amino-alcohol motifs (C(OH)–C–C–N with tert-alkyl or cyclic N) is 1. The minimum atomic E-state index is -0.465. The number of rotatable bonds is 6. The molecule has 0 spiro atoms. The molecule has 2 rings (SSSR count). The Kier molecular flexibility index (Phi) is 4.68. The van der Waals surface area contributed by atoms with Crippen LogP contribution in [0.25, 0.3) is 0 Å². The summed E-state index contributed by atoms with van der Waals surface area (Å²) in [6, 6.07) is 0.167. The third kappa shape index (κ3) is 3.07. The third-order valence-corrected chi connectivity index (χ3v) is 3.25. The van der Waals surface area contributed by atoms with Gasteiger partial charge in [0.2, 0.25) is 5.89 Å². The fraction of sp³-hybridized carbons (Fsp3) is 0.833. The van der Waals surface area contributed by atoms with Crippen molar-refractivity contribution in [1.29, 1.82) is 0 Å². The van der Waals surface area contributed by atoms with E-state index >= 15 is 0 Å². The number of aromatic nitrogens is 2. The molecule has 1 aromatic rings. The van der Waals surface area contributed by atoms with Crippen molar-refractivity contribution in [1.82, 2.24) is 15.0 Å². The molecule has 1 N–H and O–H groups in total. The summed E-state index contributed by atoms with van der Waals surface area (Å²) < 4.78 is 10.1. The Morgan fingerprint density at radius 1 is 1.61 bits per heavy atom. The second-order valence-electron chi connectivity index (χ2n) is 4.66. The van der Waals surface area contributed by atoms with E-state index in [1.807, 2.05) is 6.92 Å². The van der Waals surface area contributed by atoms with Crippen LogP contribution in [0.4, 0.5) is 0 Å². The van der Waals surface area contributed by atoms with Crippen LogP contribution in [-0.2, 0) is 11.2 Å². The van der Waals surface area contributed by atoms with Crippen molar-refractivity contribution < 1.29 is 14.4 Å². The first kappa shape index (κ1) is 13.5. The van der Waals surface area contributed by atoms with Crippen LogP contribution in [-0.4, -0.2) is 53.1 Å². The summed E-state index contributed by atoms with van der Waals surface area (Å²) in [5, 5.41) is 13.8. The van der Waals surface area contributed by atoms with Crippen molar-refractivity contribution in [3.63, 3.8) is 0 Å². The smallest absolute Gasteiger partial charge is 0.226 e. The lowest BCUT2D eigenvalue weighted by Gasteiger charge is -2.24. The van der Waals surface area contributed by atoms with Gasteiger partial charge in [-0.1, -0.05) is 12.1 Å². The molecule has 1 aliphatic heterocycles. The Morgan fingerprint density at radius 3 is 3.11 bits per heavy atom. The third-order valence-electron chi connectivity index (χ3n) is 3.25. The summed E-state index contributed by atoms with van der Waals surface area (Å²) in [7, 11) is 1.59. The highest BCUT2D eigenvalue weighted by atomic mass is 16.5. The van der Waals surface area contributed by atoms with E-state index in [1.54, 1.807) is 7.11 Å². The Hall–Kier alpha value is -0.980. The predicted molar refractivity (Wildman–Crippen MR) is 65.1 cm³/mol. The van der Waals surface area contributed by atoms with Gasteiger partial charge < -0.3 is 14.4 Å². The first-order valence-electron chi connectivity index (χ1n) is 6.48. The van der Waals surface area contributed by atoms with E-state index in [0.29, 0.717) is 19.0 Å². The predicted octanol–water partition coefficient (Wildman–Crippen LogP) is 0.776. The molecule has 0 aromatic carbocycles. The molecule has 102 valence electrons. The standard InChI is InChI=1S/C12H21N3O3/c1-3-11-13-12(14-18-11)10-5-4-6-15(10)7-9(16)8-17-2/h9-10,16H,3-8H2,1-2H3/t9-,10+/m1/s1. The molecule has 18 heavy (non-hydrogen) atoms. The lowest BCUT2D eigenvalue weighted by Crippen LogP contribution is -2.34. The maximum absolute atomic E-state index is 9.79. The molecule has 0 aliphatic carbocycles. The normalized spacial score (nSPS) is 22.5. The Bertz CT molecular complexity index is 369. The number of aliphatic hydroxyl groups is 1. The minimum Gasteiger partial charge on any atom is -0.389 e. The number of hydrogen-bond donors (Lipinski definition) is 1. The average molecular weight is 255 g/mol. The molecule has 0 bridgehead atoms. The average Bonchev–Trinajstić information content (AvgIpc) is 2.96. The number of methoxy groups -OCH3 is 1. The molecule has 1 aromatic heterocycles. The maximum atomic E-state index is 9.79. The number of aryl methyl sites for hydroxylation is 1. The van der Waals surface area contributed by atoms with Gasteiger partial charge in [-0.2, -0.15) is 4.98 Å². The number of likely N-dealkylation sites (tertiary alicyclic amines) is 1. The molecule has 1 fully saturated rings. The number of nitrogens with zero attached hydrogens (tertiary/aromatic N) is 3. The lowest BCUT2D eigenvalue weighted by molar-refractivity contribution is 0.0336. The van der Waals surface area contributed by atoms with Gasteiger partial charge in [-0.05, 0) is 19.4 Å². The van der Waals surface area contributed by atoms with Crippen molar-refractivity contribution in [2.75, 3.05) is 26.8 Å². The lowest BCUT2D eigenvalue weighted by atomic mass is 10.2. The quantitative estimate of drug-likeness (QED) is 0.809. The van der Waals surface area contributed by atoms with Gasteiger partial charge in [-0.15, -0.1) is 0 Å². The largest absolute Gasteiger partial charge is 0.389 e. The van der Waals surface area contributed by atoms with E-state index in [0.717, 1.165) is 31.6 Å². The van der Waals surface area contributed by atoms with Crippen LogP contribution in [0.2, 0.25) is 0 Å². The Morgan fingerprint density at radius 2 is 2.44 bits per heavy atom. The fourth-order valence-electron chi connectivity index (χ4n) is 2.40. The number of hydrogen-bond acceptors (Lipinski definition) is 6. The van der Waals surface area contributed by atoms with Gasteiger partial charge in [0.25, 0.3) is 0 Å². The van der Waals surface area contributed by atoms with Gasteiger partial charge in [0.15, 0.2) is 5.82 Å². The highest BCUT2D eigenvalue weighted by Crippen LogP contribution is 2.30.